The summed E-state index contributed by atoms with van der Waals surface area (Å²) >= 11 is 6.32. The van der Waals surface area contributed by atoms with Crippen LogP contribution in [0.4, 0.5) is 4.39 Å². The highest BCUT2D eigenvalue weighted by molar-refractivity contribution is 6.31. The summed E-state index contributed by atoms with van der Waals surface area (Å²) in [5, 5.41) is 16.0. The Kier molecular flexibility index (Phi) is 3.54. The third kappa shape index (κ3) is 2.27. The lowest BCUT2D eigenvalue weighted by molar-refractivity contribution is 0.0369. The highest BCUT2D eigenvalue weighted by atomic mass is 35.5. The number of nitrogens with zero attached hydrogens (tertiary/aromatic N) is 2. The Balaban J connectivity index is 2.02. The van der Waals surface area contributed by atoms with Crippen molar-refractivity contribution in [1.29, 1.82) is 0 Å². The third-order valence-electron chi connectivity index (χ3n) is 4.32. The van der Waals surface area contributed by atoms with E-state index in [2.05, 4.69) is 5.10 Å². The topological polar surface area (TPSA) is 38.0 Å². The molecule has 3 rings (SSSR count). The van der Waals surface area contributed by atoms with E-state index in [-0.39, 0.29) is 5.82 Å². The van der Waals surface area contributed by atoms with Crippen LogP contribution in [0.25, 0.3) is 0 Å². The lowest BCUT2D eigenvalue weighted by Gasteiger charge is -2.24. The predicted molar refractivity (Wildman–Crippen MR) is 80.0 cm³/mol. The van der Waals surface area contributed by atoms with Gasteiger partial charge in [-0.15, -0.1) is 0 Å². The van der Waals surface area contributed by atoms with Gasteiger partial charge in [0, 0.05) is 13.0 Å². The first-order chi connectivity index (χ1) is 9.96. The van der Waals surface area contributed by atoms with Crippen molar-refractivity contribution in [3.63, 3.8) is 0 Å². The van der Waals surface area contributed by atoms with Gasteiger partial charge in [-0.2, -0.15) is 5.10 Å². The monoisotopic (exact) mass is 308 g/mol. The van der Waals surface area contributed by atoms with Crippen molar-refractivity contribution < 1.29 is 9.50 Å². The molecular weight excluding hydrogens is 291 g/mol. The maximum absolute atomic E-state index is 13.8. The minimum atomic E-state index is -1.07. The zero-order chi connectivity index (χ0) is 15.2. The van der Waals surface area contributed by atoms with Crippen molar-refractivity contribution in [3.8, 4) is 0 Å². The number of benzene rings is 1. The van der Waals surface area contributed by atoms with Gasteiger partial charge in [-0.1, -0.05) is 23.7 Å². The van der Waals surface area contributed by atoms with E-state index in [1.54, 1.807) is 12.1 Å². The Hall–Kier alpha value is -1.39. The first-order valence-electron chi connectivity index (χ1n) is 7.18. The van der Waals surface area contributed by atoms with Crippen LogP contribution in [0.3, 0.4) is 0 Å². The van der Waals surface area contributed by atoms with E-state index in [9.17, 15) is 9.50 Å². The summed E-state index contributed by atoms with van der Waals surface area (Å²) in [6, 6.07) is 4.89. The second-order valence-corrected chi connectivity index (χ2v) is 6.01. The van der Waals surface area contributed by atoms with Crippen molar-refractivity contribution >= 4 is 11.6 Å². The predicted octanol–water partition coefficient (Wildman–Crippen LogP) is 3.38. The SMILES string of the molecule is CCn1nc(C)c(Cl)c1CC1(O)CCc2c(F)cccc21. The average Bonchev–Trinajstić information content (AvgIpc) is 2.93. The standard InChI is InChI=1S/C16H18ClFN2O/c1-3-20-14(15(17)10(2)19-20)9-16(21)8-7-11-12(16)5-4-6-13(11)18/h4-6,21H,3,7-9H2,1-2H3. The van der Waals surface area contributed by atoms with Crippen LogP contribution < -0.4 is 0 Å². The van der Waals surface area contributed by atoms with Gasteiger partial charge in [-0.25, -0.2) is 4.39 Å². The normalized spacial score (nSPS) is 20.8. The molecule has 112 valence electrons. The molecule has 0 saturated carbocycles. The van der Waals surface area contributed by atoms with Gasteiger partial charge in [0.1, 0.15) is 5.82 Å². The van der Waals surface area contributed by atoms with Crippen molar-refractivity contribution in [1.82, 2.24) is 9.78 Å². The van der Waals surface area contributed by atoms with E-state index in [4.69, 9.17) is 11.6 Å². The largest absolute Gasteiger partial charge is 0.385 e. The van der Waals surface area contributed by atoms with E-state index >= 15 is 0 Å². The molecule has 2 aromatic rings. The van der Waals surface area contributed by atoms with Gasteiger partial charge in [0.2, 0.25) is 0 Å². The summed E-state index contributed by atoms with van der Waals surface area (Å²) in [6.07, 6.45) is 1.42. The zero-order valence-corrected chi connectivity index (χ0v) is 12.9. The van der Waals surface area contributed by atoms with Gasteiger partial charge < -0.3 is 5.11 Å². The molecule has 3 nitrogen and oxygen atoms in total. The number of rotatable bonds is 3. The number of aryl methyl sites for hydroxylation is 2. The quantitative estimate of drug-likeness (QED) is 0.944. The van der Waals surface area contributed by atoms with Crippen molar-refractivity contribution in [2.24, 2.45) is 0 Å². The first kappa shape index (κ1) is 14.5. The number of aromatic nitrogens is 2. The summed E-state index contributed by atoms with van der Waals surface area (Å²) in [7, 11) is 0. The first-order valence-corrected chi connectivity index (χ1v) is 7.56. The van der Waals surface area contributed by atoms with Gasteiger partial charge >= 0.3 is 0 Å². The van der Waals surface area contributed by atoms with Gasteiger partial charge in [-0.3, -0.25) is 4.68 Å². The zero-order valence-electron chi connectivity index (χ0n) is 12.2. The minimum Gasteiger partial charge on any atom is -0.385 e. The Morgan fingerprint density at radius 1 is 1.48 bits per heavy atom. The molecule has 1 unspecified atom stereocenters. The Morgan fingerprint density at radius 3 is 2.95 bits per heavy atom. The molecule has 1 aliphatic rings. The van der Waals surface area contributed by atoms with Gasteiger partial charge in [0.25, 0.3) is 0 Å². The van der Waals surface area contributed by atoms with Gasteiger partial charge in [0.15, 0.2) is 0 Å². The number of aliphatic hydroxyl groups is 1. The van der Waals surface area contributed by atoms with Crippen LogP contribution in [0.2, 0.25) is 5.02 Å². The van der Waals surface area contributed by atoms with Crippen molar-refractivity contribution in [2.75, 3.05) is 0 Å². The molecule has 0 amide bonds. The van der Waals surface area contributed by atoms with Crippen LogP contribution in [0.1, 0.15) is 35.9 Å². The molecule has 1 atom stereocenters. The second-order valence-electron chi connectivity index (χ2n) is 5.64. The molecule has 1 N–H and O–H groups in total. The lowest BCUT2D eigenvalue weighted by atomic mass is 9.90. The van der Waals surface area contributed by atoms with Gasteiger partial charge in [-0.05, 0) is 43.9 Å². The highest BCUT2D eigenvalue weighted by Gasteiger charge is 2.39. The van der Waals surface area contributed by atoms with Crippen LogP contribution in [0.5, 0.6) is 0 Å². The molecule has 0 saturated heterocycles. The van der Waals surface area contributed by atoms with E-state index < -0.39 is 5.60 Å². The van der Waals surface area contributed by atoms with E-state index in [1.807, 2.05) is 18.5 Å². The fourth-order valence-corrected chi connectivity index (χ4v) is 3.42. The Bertz CT molecular complexity index is 698. The molecule has 1 heterocycles. The number of hydrogen-bond acceptors (Lipinski definition) is 2. The molecule has 0 aliphatic heterocycles. The fraction of sp³-hybridized carbons (Fsp3) is 0.438. The lowest BCUT2D eigenvalue weighted by Crippen LogP contribution is -2.27. The average molecular weight is 309 g/mol. The summed E-state index contributed by atoms with van der Waals surface area (Å²) in [6.45, 7) is 4.53. The van der Waals surface area contributed by atoms with E-state index in [0.717, 1.165) is 11.4 Å². The summed E-state index contributed by atoms with van der Waals surface area (Å²) in [5.74, 6) is -0.241. The van der Waals surface area contributed by atoms with Crippen LogP contribution >= 0.6 is 11.6 Å². The molecule has 1 aliphatic carbocycles. The molecule has 5 heteroatoms. The third-order valence-corrected chi connectivity index (χ3v) is 4.81. The molecule has 0 bridgehead atoms. The minimum absolute atomic E-state index is 0.241. The van der Waals surface area contributed by atoms with Crippen LogP contribution in [-0.4, -0.2) is 14.9 Å². The molecule has 0 radical (unpaired) electrons. The molecule has 0 fully saturated rings. The maximum Gasteiger partial charge on any atom is 0.126 e. The molecule has 1 aromatic heterocycles. The Morgan fingerprint density at radius 2 is 2.24 bits per heavy atom. The highest BCUT2D eigenvalue weighted by Crippen LogP contribution is 2.41. The molecular formula is C16H18ClFN2O. The summed E-state index contributed by atoms with van der Waals surface area (Å²) < 4.78 is 15.7. The van der Waals surface area contributed by atoms with Crippen LogP contribution in [-0.2, 0) is 25.0 Å². The number of hydrogen-bond donors (Lipinski definition) is 1. The molecule has 1 aromatic carbocycles. The van der Waals surface area contributed by atoms with Crippen LogP contribution in [0.15, 0.2) is 18.2 Å². The van der Waals surface area contributed by atoms with Gasteiger partial charge in [0.05, 0.1) is 22.0 Å². The van der Waals surface area contributed by atoms with Crippen LogP contribution in [0, 0.1) is 12.7 Å². The smallest absolute Gasteiger partial charge is 0.126 e. The Labute approximate surface area is 128 Å². The molecule has 21 heavy (non-hydrogen) atoms. The number of halogens is 2. The second kappa shape index (κ2) is 5.11. The van der Waals surface area contributed by atoms with Crippen molar-refractivity contribution in [2.45, 2.75) is 45.3 Å². The molecule has 0 spiro atoms. The number of fused-ring (bicyclic) bond motifs is 1. The summed E-state index contributed by atoms with van der Waals surface area (Å²) in [5.41, 5.74) is 1.81. The van der Waals surface area contributed by atoms with E-state index in [1.165, 1.54) is 6.07 Å². The fourth-order valence-electron chi connectivity index (χ4n) is 3.21. The maximum atomic E-state index is 13.8. The van der Waals surface area contributed by atoms with Crippen molar-refractivity contribution in [3.05, 3.63) is 51.6 Å². The summed E-state index contributed by atoms with van der Waals surface area (Å²) in [4.78, 5) is 0. The van der Waals surface area contributed by atoms with E-state index in [0.29, 0.717) is 42.0 Å².